The topological polar surface area (TPSA) is 26.3 Å². The van der Waals surface area contributed by atoms with Crippen LogP contribution in [0.5, 0.6) is 0 Å². The lowest BCUT2D eigenvalue weighted by Crippen LogP contribution is -2.11. The average molecular weight is 172 g/mol. The molecule has 1 aliphatic carbocycles. The van der Waals surface area contributed by atoms with Gasteiger partial charge in [-0.25, -0.2) is 9.18 Å². The Morgan fingerprint density at radius 1 is 1.50 bits per heavy atom. The van der Waals surface area contributed by atoms with E-state index in [9.17, 15) is 9.18 Å². The van der Waals surface area contributed by atoms with Crippen molar-refractivity contribution in [2.24, 2.45) is 0 Å². The van der Waals surface area contributed by atoms with Crippen LogP contribution in [0, 0.1) is 0 Å². The van der Waals surface area contributed by atoms with Crippen molar-refractivity contribution in [2.75, 3.05) is 6.61 Å². The third-order valence-electron chi connectivity index (χ3n) is 1.92. The zero-order valence-electron chi connectivity index (χ0n) is 7.23. The number of hydrogen-bond donors (Lipinski definition) is 0. The second-order valence-electron chi connectivity index (χ2n) is 2.81. The van der Waals surface area contributed by atoms with Crippen molar-refractivity contribution in [3.8, 4) is 0 Å². The standard InChI is InChI=1S/C9H13FO2/c1-2-12-9(11)7-5-3-4-6-8(7)10/h2-6H2,1H3. The van der Waals surface area contributed by atoms with Crippen molar-refractivity contribution in [2.45, 2.75) is 32.6 Å². The Bertz CT molecular complexity index is 209. The minimum Gasteiger partial charge on any atom is -0.463 e. The highest BCUT2D eigenvalue weighted by atomic mass is 19.1. The molecule has 1 aliphatic rings. The summed E-state index contributed by atoms with van der Waals surface area (Å²) >= 11 is 0. The number of carbonyl (C=O) groups is 1. The molecular weight excluding hydrogens is 159 g/mol. The predicted molar refractivity (Wildman–Crippen MR) is 43.2 cm³/mol. The molecule has 0 aromatic rings. The molecule has 0 saturated heterocycles. The second kappa shape index (κ2) is 4.24. The van der Waals surface area contributed by atoms with E-state index >= 15 is 0 Å². The molecule has 0 unspecified atom stereocenters. The molecule has 12 heavy (non-hydrogen) atoms. The third-order valence-corrected chi connectivity index (χ3v) is 1.92. The van der Waals surface area contributed by atoms with Gasteiger partial charge in [-0.2, -0.15) is 0 Å². The van der Waals surface area contributed by atoms with E-state index in [1.165, 1.54) is 0 Å². The van der Waals surface area contributed by atoms with Gasteiger partial charge >= 0.3 is 5.97 Å². The number of ether oxygens (including phenoxy) is 1. The van der Waals surface area contributed by atoms with E-state index < -0.39 is 5.97 Å². The maximum atomic E-state index is 13.0. The highest BCUT2D eigenvalue weighted by molar-refractivity contribution is 5.89. The zero-order valence-corrected chi connectivity index (χ0v) is 7.23. The largest absolute Gasteiger partial charge is 0.463 e. The third kappa shape index (κ3) is 2.06. The molecule has 0 heterocycles. The van der Waals surface area contributed by atoms with Gasteiger partial charge < -0.3 is 4.74 Å². The molecular formula is C9H13FO2. The second-order valence-corrected chi connectivity index (χ2v) is 2.81. The number of halogens is 1. The summed E-state index contributed by atoms with van der Waals surface area (Å²) in [6.45, 7) is 2.04. The van der Waals surface area contributed by atoms with Crippen LogP contribution in [0.15, 0.2) is 11.4 Å². The molecule has 0 aromatic heterocycles. The van der Waals surface area contributed by atoms with Crippen LogP contribution in [0.1, 0.15) is 32.6 Å². The van der Waals surface area contributed by atoms with Crippen LogP contribution in [0.2, 0.25) is 0 Å². The summed E-state index contributed by atoms with van der Waals surface area (Å²) in [7, 11) is 0. The average Bonchev–Trinajstić information content (AvgIpc) is 2.05. The van der Waals surface area contributed by atoms with E-state index in [-0.39, 0.29) is 11.4 Å². The first kappa shape index (κ1) is 9.23. The Labute approximate surface area is 71.4 Å². The normalized spacial score (nSPS) is 17.8. The van der Waals surface area contributed by atoms with Crippen LogP contribution >= 0.6 is 0 Å². The minimum atomic E-state index is -0.477. The van der Waals surface area contributed by atoms with E-state index in [0.29, 0.717) is 19.4 Å². The van der Waals surface area contributed by atoms with Crippen molar-refractivity contribution < 1.29 is 13.9 Å². The summed E-state index contributed by atoms with van der Waals surface area (Å²) in [5, 5.41) is 0. The molecule has 0 radical (unpaired) electrons. The van der Waals surface area contributed by atoms with Crippen LogP contribution in [0.4, 0.5) is 4.39 Å². The molecule has 0 amide bonds. The first-order chi connectivity index (χ1) is 5.75. The highest BCUT2D eigenvalue weighted by Crippen LogP contribution is 2.26. The van der Waals surface area contributed by atoms with Gasteiger partial charge in [0.05, 0.1) is 12.2 Å². The summed E-state index contributed by atoms with van der Waals surface area (Å²) in [5.41, 5.74) is 0.253. The number of carbonyl (C=O) groups excluding carboxylic acids is 1. The van der Waals surface area contributed by atoms with E-state index in [1.807, 2.05) is 0 Å². The van der Waals surface area contributed by atoms with Crippen LogP contribution < -0.4 is 0 Å². The molecule has 0 bridgehead atoms. The van der Waals surface area contributed by atoms with Gasteiger partial charge in [-0.15, -0.1) is 0 Å². The molecule has 0 atom stereocenters. The summed E-state index contributed by atoms with van der Waals surface area (Å²) < 4.78 is 17.7. The molecule has 0 aromatic carbocycles. The molecule has 0 aliphatic heterocycles. The van der Waals surface area contributed by atoms with Gasteiger partial charge in [0.25, 0.3) is 0 Å². The fourth-order valence-electron chi connectivity index (χ4n) is 1.30. The first-order valence-corrected chi connectivity index (χ1v) is 4.30. The Kier molecular flexibility index (Phi) is 3.26. The van der Waals surface area contributed by atoms with Crippen LogP contribution in [-0.2, 0) is 9.53 Å². The number of hydrogen-bond acceptors (Lipinski definition) is 2. The van der Waals surface area contributed by atoms with Crippen LogP contribution in [0.25, 0.3) is 0 Å². The predicted octanol–water partition coefficient (Wildman–Crippen LogP) is 2.35. The molecule has 1 rings (SSSR count). The maximum Gasteiger partial charge on any atom is 0.336 e. The van der Waals surface area contributed by atoms with Crippen molar-refractivity contribution in [3.63, 3.8) is 0 Å². The Morgan fingerprint density at radius 3 is 2.75 bits per heavy atom. The molecule has 0 fully saturated rings. The van der Waals surface area contributed by atoms with Gasteiger partial charge in [-0.3, -0.25) is 0 Å². The van der Waals surface area contributed by atoms with Gasteiger partial charge in [0, 0.05) is 0 Å². The molecule has 68 valence electrons. The SMILES string of the molecule is CCOC(=O)C1=C(F)CCCC1. The summed E-state index contributed by atoms with van der Waals surface area (Å²) in [6, 6.07) is 0. The molecule has 0 spiro atoms. The quantitative estimate of drug-likeness (QED) is 0.597. The monoisotopic (exact) mass is 172 g/mol. The maximum absolute atomic E-state index is 13.0. The van der Waals surface area contributed by atoms with Gasteiger partial charge in [0.1, 0.15) is 5.83 Å². The first-order valence-electron chi connectivity index (χ1n) is 4.30. The highest BCUT2D eigenvalue weighted by Gasteiger charge is 2.19. The minimum absolute atomic E-state index is 0.253. The molecule has 0 N–H and O–H groups in total. The lowest BCUT2D eigenvalue weighted by molar-refractivity contribution is -0.138. The van der Waals surface area contributed by atoms with Crippen LogP contribution in [0.3, 0.4) is 0 Å². The summed E-state index contributed by atoms with van der Waals surface area (Å²) in [5.74, 6) is -0.755. The molecule has 3 heteroatoms. The molecule has 0 saturated carbocycles. The lowest BCUT2D eigenvalue weighted by Gasteiger charge is -2.12. The number of allylic oxidation sites excluding steroid dienone is 1. The van der Waals surface area contributed by atoms with Gasteiger partial charge in [0.2, 0.25) is 0 Å². The summed E-state index contributed by atoms with van der Waals surface area (Å²) in [4.78, 5) is 11.1. The zero-order chi connectivity index (χ0) is 8.97. The number of esters is 1. The van der Waals surface area contributed by atoms with Gasteiger partial charge in [-0.1, -0.05) is 0 Å². The number of rotatable bonds is 2. The molecule has 2 nitrogen and oxygen atoms in total. The van der Waals surface area contributed by atoms with Gasteiger partial charge in [-0.05, 0) is 32.6 Å². The van der Waals surface area contributed by atoms with E-state index in [4.69, 9.17) is 4.74 Å². The van der Waals surface area contributed by atoms with Crippen molar-refractivity contribution >= 4 is 5.97 Å². The fraction of sp³-hybridized carbons (Fsp3) is 0.667. The lowest BCUT2D eigenvalue weighted by atomic mass is 9.99. The van der Waals surface area contributed by atoms with E-state index in [1.54, 1.807) is 6.92 Å². The van der Waals surface area contributed by atoms with Crippen molar-refractivity contribution in [1.29, 1.82) is 0 Å². The Hall–Kier alpha value is -0.860. The van der Waals surface area contributed by atoms with E-state index in [0.717, 1.165) is 12.8 Å². The Balaban J connectivity index is 2.64. The fourth-order valence-corrected chi connectivity index (χ4v) is 1.30. The smallest absolute Gasteiger partial charge is 0.336 e. The summed E-state index contributed by atoms with van der Waals surface area (Å²) in [6.07, 6.45) is 2.66. The van der Waals surface area contributed by atoms with Crippen LogP contribution in [-0.4, -0.2) is 12.6 Å². The van der Waals surface area contributed by atoms with E-state index in [2.05, 4.69) is 0 Å². The van der Waals surface area contributed by atoms with Crippen molar-refractivity contribution in [3.05, 3.63) is 11.4 Å². The van der Waals surface area contributed by atoms with Gasteiger partial charge in [0.15, 0.2) is 0 Å². The Morgan fingerprint density at radius 2 is 2.17 bits per heavy atom. The van der Waals surface area contributed by atoms with Crippen molar-refractivity contribution in [1.82, 2.24) is 0 Å².